The van der Waals surface area contributed by atoms with Gasteiger partial charge in [0.15, 0.2) is 0 Å². The van der Waals surface area contributed by atoms with Gasteiger partial charge in [0.2, 0.25) is 0 Å². The minimum absolute atomic E-state index is 0.221. The van der Waals surface area contributed by atoms with Crippen LogP contribution in [0.25, 0.3) is 0 Å². The van der Waals surface area contributed by atoms with Crippen LogP contribution < -0.4 is 10.1 Å². The highest BCUT2D eigenvalue weighted by Gasteiger charge is 2.36. The minimum Gasteiger partial charge on any atom is -0.495 e. The van der Waals surface area contributed by atoms with Crippen LogP contribution in [0.2, 0.25) is 0 Å². The Morgan fingerprint density at radius 2 is 2.06 bits per heavy atom. The van der Waals surface area contributed by atoms with E-state index in [0.29, 0.717) is 12.0 Å². The summed E-state index contributed by atoms with van der Waals surface area (Å²) in [4.78, 5) is 0.827. The van der Waals surface area contributed by atoms with Gasteiger partial charge in [0, 0.05) is 11.3 Å². The zero-order valence-electron chi connectivity index (χ0n) is 11.2. The lowest BCUT2D eigenvalue weighted by atomic mass is 10.1. The molecule has 1 saturated carbocycles. The molecule has 1 N–H and O–H groups in total. The van der Waals surface area contributed by atoms with Gasteiger partial charge in [0.25, 0.3) is 0 Å². The maximum absolute atomic E-state index is 12.7. The molecular weight excluding hydrogens is 246 g/mol. The van der Waals surface area contributed by atoms with Crippen molar-refractivity contribution in [3.63, 3.8) is 0 Å². The molecule has 2 rings (SSSR count). The summed E-state index contributed by atoms with van der Waals surface area (Å²) < 4.78 is 18.0. The minimum atomic E-state index is -0.988. The first-order chi connectivity index (χ1) is 8.69. The lowest BCUT2D eigenvalue weighted by Gasteiger charge is -2.20. The van der Waals surface area contributed by atoms with Gasteiger partial charge in [-0.25, -0.2) is 0 Å². The maximum atomic E-state index is 12.7. The van der Waals surface area contributed by atoms with Crippen LogP contribution in [0.4, 0.5) is 0 Å². The molecule has 0 radical (unpaired) electrons. The molecule has 0 bridgehead atoms. The van der Waals surface area contributed by atoms with Gasteiger partial charge in [-0.05, 0) is 37.9 Å². The van der Waals surface area contributed by atoms with Crippen LogP contribution in [0.5, 0.6) is 5.75 Å². The normalized spacial score (nSPS) is 29.2. The van der Waals surface area contributed by atoms with Gasteiger partial charge < -0.3 is 10.1 Å². The zero-order chi connectivity index (χ0) is 13.1. The van der Waals surface area contributed by atoms with Gasteiger partial charge in [-0.3, -0.25) is 4.21 Å². The summed E-state index contributed by atoms with van der Waals surface area (Å²) in [6.07, 6.45) is 2.11. The SMILES string of the molecule is CNC1CCC(S(=O)c2ccccc2OC)C1C. The molecular formula is C14H21NO2S. The van der Waals surface area contributed by atoms with Gasteiger partial charge in [-0.1, -0.05) is 19.1 Å². The first-order valence-electron chi connectivity index (χ1n) is 6.40. The number of methoxy groups -OCH3 is 1. The molecule has 100 valence electrons. The Balaban J connectivity index is 2.22. The van der Waals surface area contributed by atoms with Crippen molar-refractivity contribution in [2.24, 2.45) is 5.92 Å². The van der Waals surface area contributed by atoms with E-state index >= 15 is 0 Å². The smallest absolute Gasteiger partial charge is 0.134 e. The second kappa shape index (κ2) is 5.85. The Hall–Kier alpha value is -0.870. The molecule has 0 aliphatic heterocycles. The molecule has 3 nitrogen and oxygen atoms in total. The molecule has 0 saturated heterocycles. The number of para-hydroxylation sites is 1. The van der Waals surface area contributed by atoms with Gasteiger partial charge in [0.1, 0.15) is 5.75 Å². The quantitative estimate of drug-likeness (QED) is 0.909. The lowest BCUT2D eigenvalue weighted by molar-refractivity contribution is 0.403. The lowest BCUT2D eigenvalue weighted by Crippen LogP contribution is -2.32. The molecule has 1 aliphatic rings. The summed E-state index contributed by atoms with van der Waals surface area (Å²) in [5.74, 6) is 1.16. The molecule has 0 aromatic heterocycles. The van der Waals surface area contributed by atoms with Crippen LogP contribution in [-0.4, -0.2) is 29.7 Å². The molecule has 1 aromatic carbocycles. The van der Waals surface area contributed by atoms with E-state index in [-0.39, 0.29) is 5.25 Å². The van der Waals surface area contributed by atoms with Crippen LogP contribution in [0.3, 0.4) is 0 Å². The van der Waals surface area contributed by atoms with Crippen LogP contribution >= 0.6 is 0 Å². The van der Waals surface area contributed by atoms with Crippen molar-refractivity contribution in [3.8, 4) is 5.75 Å². The summed E-state index contributed by atoms with van der Waals surface area (Å²) in [6, 6.07) is 8.10. The Morgan fingerprint density at radius 1 is 1.33 bits per heavy atom. The highest BCUT2D eigenvalue weighted by atomic mass is 32.2. The van der Waals surface area contributed by atoms with E-state index in [1.807, 2.05) is 31.3 Å². The average Bonchev–Trinajstić information content (AvgIpc) is 2.79. The van der Waals surface area contributed by atoms with Crippen molar-refractivity contribution in [2.45, 2.75) is 36.0 Å². The predicted molar refractivity (Wildman–Crippen MR) is 74.4 cm³/mol. The van der Waals surface area contributed by atoms with Crippen LogP contribution in [0, 0.1) is 5.92 Å². The number of benzene rings is 1. The fraction of sp³-hybridized carbons (Fsp3) is 0.571. The molecule has 1 aromatic rings. The van der Waals surface area contributed by atoms with Crippen LogP contribution in [0.15, 0.2) is 29.2 Å². The highest BCUT2D eigenvalue weighted by Crippen LogP contribution is 2.34. The summed E-state index contributed by atoms with van der Waals surface area (Å²) in [5.41, 5.74) is 0. The summed E-state index contributed by atoms with van der Waals surface area (Å²) in [6.45, 7) is 2.19. The van der Waals surface area contributed by atoms with Gasteiger partial charge in [0.05, 0.1) is 22.8 Å². The summed E-state index contributed by atoms with van der Waals surface area (Å²) in [7, 11) is 2.62. The predicted octanol–water partition coefficient (Wildman–Crippen LogP) is 2.19. The van der Waals surface area contributed by atoms with Crippen LogP contribution in [0.1, 0.15) is 19.8 Å². The number of rotatable bonds is 4. The maximum Gasteiger partial charge on any atom is 0.134 e. The van der Waals surface area contributed by atoms with E-state index in [9.17, 15) is 4.21 Å². The number of hydrogen-bond acceptors (Lipinski definition) is 3. The van der Waals surface area contributed by atoms with Gasteiger partial charge in [-0.15, -0.1) is 0 Å². The fourth-order valence-corrected chi connectivity index (χ4v) is 4.60. The van der Waals surface area contributed by atoms with E-state index in [4.69, 9.17) is 4.74 Å². The third-order valence-corrected chi connectivity index (χ3v) is 5.90. The van der Waals surface area contributed by atoms with Crippen molar-refractivity contribution in [3.05, 3.63) is 24.3 Å². The Bertz CT molecular complexity index is 436. The molecule has 1 aliphatic carbocycles. The standard InChI is InChI=1S/C14H21NO2S/c1-10-11(15-2)8-9-13(10)18(16)14-7-5-4-6-12(14)17-3/h4-7,10-11,13,15H,8-9H2,1-3H3. The monoisotopic (exact) mass is 267 g/mol. The fourth-order valence-electron chi connectivity index (χ4n) is 2.79. The first kappa shape index (κ1) is 13.6. The molecule has 1 fully saturated rings. The molecule has 4 atom stereocenters. The summed E-state index contributed by atoms with van der Waals surface area (Å²) in [5, 5.41) is 3.53. The number of ether oxygens (including phenoxy) is 1. The zero-order valence-corrected chi connectivity index (χ0v) is 12.0. The second-order valence-corrected chi connectivity index (χ2v) is 6.46. The van der Waals surface area contributed by atoms with E-state index in [0.717, 1.165) is 23.5 Å². The highest BCUT2D eigenvalue weighted by molar-refractivity contribution is 7.85. The van der Waals surface area contributed by atoms with Crippen molar-refractivity contribution >= 4 is 10.8 Å². The topological polar surface area (TPSA) is 38.3 Å². The van der Waals surface area contributed by atoms with Crippen molar-refractivity contribution in [1.82, 2.24) is 5.32 Å². The Kier molecular flexibility index (Phi) is 4.40. The molecule has 0 amide bonds. The molecule has 0 spiro atoms. The van der Waals surface area contributed by atoms with E-state index in [1.165, 1.54) is 0 Å². The second-order valence-electron chi connectivity index (χ2n) is 4.82. The molecule has 18 heavy (non-hydrogen) atoms. The number of nitrogens with one attached hydrogen (secondary N) is 1. The van der Waals surface area contributed by atoms with Gasteiger partial charge >= 0.3 is 0 Å². The number of hydrogen-bond donors (Lipinski definition) is 1. The Labute approximate surface area is 111 Å². The Morgan fingerprint density at radius 3 is 2.67 bits per heavy atom. The third kappa shape index (κ3) is 2.45. The van der Waals surface area contributed by atoms with E-state index in [2.05, 4.69) is 12.2 Å². The molecule has 4 unspecified atom stereocenters. The average molecular weight is 267 g/mol. The van der Waals surface area contributed by atoms with Crippen molar-refractivity contribution < 1.29 is 8.95 Å². The third-order valence-electron chi connectivity index (χ3n) is 3.91. The largest absolute Gasteiger partial charge is 0.495 e. The van der Waals surface area contributed by atoms with Crippen molar-refractivity contribution in [2.75, 3.05) is 14.2 Å². The van der Waals surface area contributed by atoms with Crippen molar-refractivity contribution in [1.29, 1.82) is 0 Å². The van der Waals surface area contributed by atoms with E-state index < -0.39 is 10.8 Å². The summed E-state index contributed by atoms with van der Waals surface area (Å²) >= 11 is 0. The van der Waals surface area contributed by atoms with Gasteiger partial charge in [-0.2, -0.15) is 0 Å². The molecule has 0 heterocycles. The van der Waals surface area contributed by atoms with Crippen LogP contribution in [-0.2, 0) is 10.8 Å². The first-order valence-corrected chi connectivity index (χ1v) is 7.61. The van der Waals surface area contributed by atoms with E-state index in [1.54, 1.807) is 7.11 Å². The molecule has 4 heteroatoms.